The van der Waals surface area contributed by atoms with E-state index in [1.165, 1.54) is 38.8 Å². The van der Waals surface area contributed by atoms with E-state index in [9.17, 15) is 4.79 Å². The van der Waals surface area contributed by atoms with Gasteiger partial charge in [0.1, 0.15) is 0 Å². The van der Waals surface area contributed by atoms with E-state index in [4.69, 9.17) is 0 Å². The minimum atomic E-state index is -0.276. The van der Waals surface area contributed by atoms with E-state index in [1.54, 1.807) is 0 Å². The lowest BCUT2D eigenvalue weighted by atomic mass is 9.63. The smallest absolute Gasteiger partial charge is 0.226 e. The first-order valence-corrected chi connectivity index (χ1v) is 9.42. The van der Waals surface area contributed by atoms with Crippen LogP contribution in [0.25, 0.3) is 0 Å². The van der Waals surface area contributed by atoms with Gasteiger partial charge in [-0.05, 0) is 77.8 Å². The van der Waals surface area contributed by atoms with Gasteiger partial charge in [-0.3, -0.25) is 4.79 Å². The van der Waals surface area contributed by atoms with Crippen molar-refractivity contribution in [1.29, 1.82) is 0 Å². The molecule has 1 aliphatic carbocycles. The summed E-state index contributed by atoms with van der Waals surface area (Å²) in [4.78, 5) is 15.7. The van der Waals surface area contributed by atoms with Crippen molar-refractivity contribution in [3.8, 4) is 0 Å². The summed E-state index contributed by atoms with van der Waals surface area (Å²) in [5.74, 6) is 1.17. The van der Waals surface area contributed by atoms with Gasteiger partial charge in [-0.15, -0.1) is 6.58 Å². The summed E-state index contributed by atoms with van der Waals surface area (Å²) in [6.07, 6.45) is 9.31. The predicted octanol–water partition coefficient (Wildman–Crippen LogP) is 4.00. The number of piperidine rings is 1. The summed E-state index contributed by atoms with van der Waals surface area (Å²) >= 11 is 0. The van der Waals surface area contributed by atoms with Crippen LogP contribution in [0.2, 0.25) is 0 Å². The molecular weight excluding hydrogens is 284 g/mol. The van der Waals surface area contributed by atoms with Gasteiger partial charge in [0.15, 0.2) is 0 Å². The molecule has 1 saturated heterocycles. The molecular formula is C20H36N2O. The number of hydrogen-bond acceptors (Lipinski definition) is 2. The standard InChI is InChI=1S/C20H36N2O/c1-6-16-10-11-17(15-22-12-8-7-9-13-22)20(5,14-16)18(23)21-19(2,3)4/h6,16-17H,1,7-15H2,2-5H3,(H,21,23)/t16-,17+,20+/m1/s1. The molecule has 0 bridgehead atoms. The van der Waals surface area contributed by atoms with Crippen molar-refractivity contribution >= 4 is 5.91 Å². The third-order valence-electron chi connectivity index (χ3n) is 5.74. The van der Waals surface area contributed by atoms with E-state index >= 15 is 0 Å². The molecule has 1 aliphatic heterocycles. The number of carbonyl (C=O) groups is 1. The highest BCUT2D eigenvalue weighted by Gasteiger charge is 2.46. The largest absolute Gasteiger partial charge is 0.351 e. The van der Waals surface area contributed by atoms with E-state index in [-0.39, 0.29) is 16.9 Å². The quantitative estimate of drug-likeness (QED) is 0.794. The van der Waals surface area contributed by atoms with Crippen LogP contribution < -0.4 is 5.32 Å². The van der Waals surface area contributed by atoms with Crippen LogP contribution in [0.15, 0.2) is 12.7 Å². The van der Waals surface area contributed by atoms with Crippen molar-refractivity contribution in [1.82, 2.24) is 10.2 Å². The van der Waals surface area contributed by atoms with Gasteiger partial charge in [-0.25, -0.2) is 0 Å². The van der Waals surface area contributed by atoms with Crippen LogP contribution in [0.5, 0.6) is 0 Å². The number of allylic oxidation sites excluding steroid dienone is 1. The maximum absolute atomic E-state index is 13.1. The zero-order chi connectivity index (χ0) is 17.1. The Balaban J connectivity index is 2.12. The molecule has 0 aromatic heterocycles. The second-order valence-electron chi connectivity index (χ2n) is 8.96. The van der Waals surface area contributed by atoms with Crippen molar-refractivity contribution in [3.05, 3.63) is 12.7 Å². The second-order valence-corrected chi connectivity index (χ2v) is 8.96. The summed E-state index contributed by atoms with van der Waals surface area (Å²) in [5.41, 5.74) is -0.446. The van der Waals surface area contributed by atoms with E-state index in [0.717, 1.165) is 19.4 Å². The van der Waals surface area contributed by atoms with Crippen LogP contribution in [0.3, 0.4) is 0 Å². The average Bonchev–Trinajstić information content (AvgIpc) is 2.48. The fourth-order valence-corrected chi connectivity index (χ4v) is 4.26. The summed E-state index contributed by atoms with van der Waals surface area (Å²) in [6.45, 7) is 15.9. The highest BCUT2D eigenvalue weighted by atomic mass is 16.2. The first kappa shape index (κ1) is 18.5. The Hall–Kier alpha value is -0.830. The second kappa shape index (κ2) is 7.38. The molecule has 2 rings (SSSR count). The predicted molar refractivity (Wildman–Crippen MR) is 97.3 cm³/mol. The summed E-state index contributed by atoms with van der Waals surface area (Å²) < 4.78 is 0. The van der Waals surface area contributed by atoms with Crippen molar-refractivity contribution < 1.29 is 4.79 Å². The Morgan fingerprint density at radius 3 is 2.48 bits per heavy atom. The van der Waals surface area contributed by atoms with Crippen LogP contribution in [0, 0.1) is 17.3 Å². The van der Waals surface area contributed by atoms with Crippen molar-refractivity contribution in [2.45, 2.75) is 71.8 Å². The molecule has 0 radical (unpaired) electrons. The lowest BCUT2D eigenvalue weighted by molar-refractivity contribution is -0.138. The Labute approximate surface area is 142 Å². The van der Waals surface area contributed by atoms with E-state index in [2.05, 4.69) is 50.6 Å². The minimum absolute atomic E-state index is 0.170. The monoisotopic (exact) mass is 320 g/mol. The van der Waals surface area contributed by atoms with Gasteiger partial charge >= 0.3 is 0 Å². The van der Waals surface area contributed by atoms with Crippen LogP contribution >= 0.6 is 0 Å². The maximum Gasteiger partial charge on any atom is 0.226 e. The molecule has 0 aromatic rings. The van der Waals surface area contributed by atoms with Crippen molar-refractivity contribution in [2.75, 3.05) is 19.6 Å². The fraction of sp³-hybridized carbons (Fsp3) is 0.850. The van der Waals surface area contributed by atoms with Gasteiger partial charge in [-0.2, -0.15) is 0 Å². The van der Waals surface area contributed by atoms with E-state index in [1.807, 2.05) is 0 Å². The first-order valence-electron chi connectivity index (χ1n) is 9.42. The number of nitrogens with zero attached hydrogens (tertiary/aromatic N) is 1. The van der Waals surface area contributed by atoms with Gasteiger partial charge in [0.25, 0.3) is 0 Å². The molecule has 3 atom stereocenters. The molecule has 3 nitrogen and oxygen atoms in total. The minimum Gasteiger partial charge on any atom is -0.351 e. The van der Waals surface area contributed by atoms with Gasteiger partial charge in [0, 0.05) is 12.1 Å². The summed E-state index contributed by atoms with van der Waals surface area (Å²) in [7, 11) is 0. The number of carbonyl (C=O) groups excluding carboxylic acids is 1. The normalized spacial score (nSPS) is 33.2. The zero-order valence-corrected chi connectivity index (χ0v) is 15.7. The molecule has 1 amide bonds. The Morgan fingerprint density at radius 1 is 1.26 bits per heavy atom. The molecule has 1 saturated carbocycles. The Kier molecular flexibility index (Phi) is 5.94. The molecule has 0 aromatic carbocycles. The molecule has 1 heterocycles. The molecule has 23 heavy (non-hydrogen) atoms. The van der Waals surface area contributed by atoms with E-state index < -0.39 is 0 Å². The molecule has 3 heteroatoms. The molecule has 1 N–H and O–H groups in total. The SMILES string of the molecule is C=C[C@@H]1CC[C@@H](CN2CCCCC2)[C@@](C)(C(=O)NC(C)(C)C)C1. The van der Waals surface area contributed by atoms with Crippen molar-refractivity contribution in [3.63, 3.8) is 0 Å². The zero-order valence-electron chi connectivity index (χ0n) is 15.7. The number of hydrogen-bond donors (Lipinski definition) is 1. The van der Waals surface area contributed by atoms with Crippen LogP contribution in [0.4, 0.5) is 0 Å². The Bertz CT molecular complexity index is 420. The lowest BCUT2D eigenvalue weighted by Crippen LogP contribution is -2.54. The van der Waals surface area contributed by atoms with E-state index in [0.29, 0.717) is 11.8 Å². The fourth-order valence-electron chi connectivity index (χ4n) is 4.26. The third kappa shape index (κ3) is 4.82. The third-order valence-corrected chi connectivity index (χ3v) is 5.74. The topological polar surface area (TPSA) is 32.3 Å². The first-order chi connectivity index (χ1) is 10.7. The molecule has 2 aliphatic rings. The molecule has 0 unspecified atom stereocenters. The van der Waals surface area contributed by atoms with Gasteiger partial charge in [-0.1, -0.05) is 19.4 Å². The van der Waals surface area contributed by atoms with Gasteiger partial charge in [0.2, 0.25) is 5.91 Å². The average molecular weight is 321 g/mol. The number of nitrogens with one attached hydrogen (secondary N) is 1. The highest BCUT2D eigenvalue weighted by molar-refractivity contribution is 5.83. The van der Waals surface area contributed by atoms with Gasteiger partial charge in [0.05, 0.1) is 5.41 Å². The summed E-state index contributed by atoms with van der Waals surface area (Å²) in [6, 6.07) is 0. The Morgan fingerprint density at radius 2 is 1.91 bits per heavy atom. The summed E-state index contributed by atoms with van der Waals surface area (Å²) in [5, 5.41) is 3.25. The molecule has 0 spiro atoms. The van der Waals surface area contributed by atoms with Crippen LogP contribution in [-0.2, 0) is 4.79 Å². The molecule has 132 valence electrons. The molecule has 2 fully saturated rings. The number of amides is 1. The highest BCUT2D eigenvalue weighted by Crippen LogP contribution is 2.45. The lowest BCUT2D eigenvalue weighted by Gasteiger charge is -2.46. The maximum atomic E-state index is 13.1. The van der Waals surface area contributed by atoms with Gasteiger partial charge < -0.3 is 10.2 Å². The number of rotatable bonds is 4. The van der Waals surface area contributed by atoms with Crippen molar-refractivity contribution in [2.24, 2.45) is 17.3 Å². The van der Waals surface area contributed by atoms with Crippen LogP contribution in [0.1, 0.15) is 66.2 Å². The van der Waals surface area contributed by atoms with Crippen LogP contribution in [-0.4, -0.2) is 36.0 Å². The number of likely N-dealkylation sites (tertiary alicyclic amines) is 1.